The standard InChI is InChI=1S/C13H12N2.2W/c1-15-10-8-12(11-15)7-9-14-13-5-3-2-4-6-13;;/h2-6,8,10-11,14H,1H3;;. The van der Waals surface area contributed by atoms with Crippen molar-refractivity contribution in [3.8, 4) is 0 Å². The molecule has 0 aliphatic heterocycles. The third kappa shape index (κ3) is 3.44. The predicted octanol–water partition coefficient (Wildman–Crippen LogP) is 1.88. The van der Waals surface area contributed by atoms with Crippen LogP contribution in [0.2, 0.25) is 0 Å². The summed E-state index contributed by atoms with van der Waals surface area (Å²) in [7, 11) is 2.05. The van der Waals surface area contributed by atoms with Crippen molar-refractivity contribution in [2.24, 2.45) is 7.05 Å². The number of hydrogen-bond donors (Lipinski definition) is 1. The fourth-order valence-corrected chi connectivity index (χ4v) is 2.94. The van der Waals surface area contributed by atoms with E-state index in [0.29, 0.717) is 0 Å². The van der Waals surface area contributed by atoms with Gasteiger partial charge >= 0.3 is 124 Å². The molecule has 1 aromatic carbocycles. The molecule has 1 heterocycles. The summed E-state index contributed by atoms with van der Waals surface area (Å²) in [5, 5.41) is 3.48. The summed E-state index contributed by atoms with van der Waals surface area (Å²) in [6, 6.07) is 12.5. The molecule has 0 bridgehead atoms. The van der Waals surface area contributed by atoms with E-state index in [1.165, 1.54) is 52.2 Å². The second-order valence-electron chi connectivity index (χ2n) is 3.71. The Kier molecular flexibility index (Phi) is 4.42. The van der Waals surface area contributed by atoms with Crippen molar-refractivity contribution in [1.82, 2.24) is 4.57 Å². The van der Waals surface area contributed by atoms with Gasteiger partial charge in [0.25, 0.3) is 0 Å². The molecule has 0 atom stereocenters. The molecular formula is C13H12N2W2. The minimum absolute atomic E-state index is 1.16. The predicted molar refractivity (Wildman–Crippen MR) is 64.6 cm³/mol. The number of para-hydroxylation sites is 1. The zero-order chi connectivity index (χ0) is 12.3. The first-order valence-corrected chi connectivity index (χ1v) is 8.13. The minimum atomic E-state index is 1.16. The van der Waals surface area contributed by atoms with Crippen molar-refractivity contribution in [2.75, 3.05) is 5.32 Å². The number of benzene rings is 1. The van der Waals surface area contributed by atoms with Crippen LogP contribution in [0.3, 0.4) is 0 Å². The summed E-state index contributed by atoms with van der Waals surface area (Å²) in [5.74, 6) is 0. The Morgan fingerprint density at radius 2 is 1.82 bits per heavy atom. The van der Waals surface area contributed by atoms with E-state index in [0.717, 1.165) is 5.69 Å². The fraction of sp³-hybridized carbons (Fsp3) is 0.0769. The van der Waals surface area contributed by atoms with Crippen molar-refractivity contribution in [1.29, 1.82) is 0 Å². The number of nitrogens with zero attached hydrogens (tertiary/aromatic N) is 1. The number of aryl methyl sites for hydroxylation is 1. The van der Waals surface area contributed by atoms with Crippen molar-refractivity contribution >= 4 is 13.6 Å². The van der Waals surface area contributed by atoms with Crippen LogP contribution in [0, 0.1) is 0 Å². The molecule has 17 heavy (non-hydrogen) atoms. The molecule has 0 amide bonds. The first-order chi connectivity index (χ1) is 8.16. The van der Waals surface area contributed by atoms with Crippen molar-refractivity contribution in [3.63, 3.8) is 0 Å². The monoisotopic (exact) mass is 564 g/mol. The number of anilines is 1. The molecule has 0 radical (unpaired) electrons. The van der Waals surface area contributed by atoms with Gasteiger partial charge in [0.15, 0.2) is 0 Å². The molecule has 0 spiro atoms. The van der Waals surface area contributed by atoms with Crippen molar-refractivity contribution < 1.29 is 38.7 Å². The van der Waals surface area contributed by atoms with E-state index in [-0.39, 0.29) is 0 Å². The number of nitrogens with one attached hydrogen (secondary N) is 1. The second-order valence-corrected chi connectivity index (χ2v) is 6.65. The molecule has 2 aromatic rings. The van der Waals surface area contributed by atoms with Crippen LogP contribution in [-0.2, 0) is 45.8 Å². The van der Waals surface area contributed by atoms with Gasteiger partial charge < -0.3 is 0 Å². The van der Waals surface area contributed by atoms with Gasteiger partial charge in [-0.1, -0.05) is 0 Å². The van der Waals surface area contributed by atoms with Crippen LogP contribution in [0.4, 0.5) is 5.69 Å². The molecule has 4 heteroatoms. The fourth-order valence-electron chi connectivity index (χ4n) is 1.48. The molecular weight excluding hydrogens is 552 g/mol. The Morgan fingerprint density at radius 1 is 1.12 bits per heavy atom. The topological polar surface area (TPSA) is 17.0 Å². The molecule has 2 nitrogen and oxygen atoms in total. The Bertz CT molecular complexity index is 544. The Labute approximate surface area is 123 Å². The van der Waals surface area contributed by atoms with Crippen LogP contribution in [0.1, 0.15) is 5.56 Å². The van der Waals surface area contributed by atoms with Gasteiger partial charge in [-0.25, -0.2) is 0 Å². The average Bonchev–Trinajstić information content (AvgIpc) is 2.76. The quantitative estimate of drug-likeness (QED) is 0.601. The molecule has 0 unspecified atom stereocenters. The molecule has 0 aliphatic carbocycles. The first-order valence-electron chi connectivity index (χ1n) is 5.19. The molecule has 2 rings (SSSR count). The van der Waals surface area contributed by atoms with Gasteiger partial charge in [0.05, 0.1) is 0 Å². The zero-order valence-corrected chi connectivity index (χ0v) is 15.2. The SMILES string of the molecule is Cn1ccc([C](=[W])[C](=[W])Nc2ccccc2)c1. The van der Waals surface area contributed by atoms with Crippen LogP contribution < -0.4 is 5.32 Å². The summed E-state index contributed by atoms with van der Waals surface area (Å²) >= 11 is 2.97. The van der Waals surface area contributed by atoms with E-state index in [2.05, 4.69) is 59.7 Å². The third-order valence-electron chi connectivity index (χ3n) is 2.33. The third-order valence-corrected chi connectivity index (χ3v) is 7.03. The molecule has 86 valence electrons. The summed E-state index contributed by atoms with van der Waals surface area (Å²) in [4.78, 5) is 0. The number of hydrogen-bond acceptors (Lipinski definition) is 1. The van der Waals surface area contributed by atoms with E-state index < -0.39 is 0 Å². The number of rotatable bonds is 4. The van der Waals surface area contributed by atoms with Crippen LogP contribution in [0.25, 0.3) is 0 Å². The van der Waals surface area contributed by atoms with Gasteiger partial charge in [-0.15, -0.1) is 0 Å². The molecule has 1 aromatic heterocycles. The van der Waals surface area contributed by atoms with Gasteiger partial charge in [-0.2, -0.15) is 0 Å². The first kappa shape index (κ1) is 12.9. The second kappa shape index (κ2) is 5.84. The van der Waals surface area contributed by atoms with Gasteiger partial charge in [0, 0.05) is 0 Å². The van der Waals surface area contributed by atoms with E-state index in [4.69, 9.17) is 0 Å². The normalized spacial score (nSPS) is 9.94. The van der Waals surface area contributed by atoms with Crippen LogP contribution in [-0.4, -0.2) is 12.5 Å². The van der Waals surface area contributed by atoms with E-state index in [9.17, 15) is 0 Å². The summed E-state index contributed by atoms with van der Waals surface area (Å²) in [6.07, 6.45) is 4.25. The van der Waals surface area contributed by atoms with Crippen LogP contribution in [0.15, 0.2) is 48.8 Å². The van der Waals surface area contributed by atoms with Gasteiger partial charge in [0.2, 0.25) is 0 Å². The molecule has 0 fully saturated rings. The molecule has 0 aliphatic rings. The van der Waals surface area contributed by atoms with Gasteiger partial charge in [-0.3, -0.25) is 0 Å². The number of aromatic nitrogens is 1. The molecule has 0 saturated carbocycles. The summed E-state index contributed by atoms with van der Waals surface area (Å²) < 4.78 is 4.78. The van der Waals surface area contributed by atoms with Gasteiger partial charge in [-0.05, 0) is 0 Å². The van der Waals surface area contributed by atoms with Crippen molar-refractivity contribution in [2.45, 2.75) is 0 Å². The van der Waals surface area contributed by atoms with E-state index >= 15 is 0 Å². The summed E-state index contributed by atoms with van der Waals surface area (Å²) in [5.41, 5.74) is 2.48. The van der Waals surface area contributed by atoms with E-state index in [1.54, 1.807) is 0 Å². The van der Waals surface area contributed by atoms with Crippen molar-refractivity contribution in [3.05, 3.63) is 54.4 Å². The van der Waals surface area contributed by atoms with Crippen LogP contribution >= 0.6 is 0 Å². The summed E-state index contributed by atoms with van der Waals surface area (Å²) in [6.45, 7) is 0. The van der Waals surface area contributed by atoms with Crippen LogP contribution in [0.5, 0.6) is 0 Å². The molecule has 0 saturated heterocycles. The maximum absolute atomic E-state index is 3.48. The Morgan fingerprint density at radius 3 is 2.41 bits per heavy atom. The zero-order valence-electron chi connectivity index (χ0n) is 9.38. The maximum atomic E-state index is 3.48. The Hall–Kier alpha value is -0.583. The average molecular weight is 564 g/mol. The van der Waals surface area contributed by atoms with Gasteiger partial charge in [0.1, 0.15) is 0 Å². The van der Waals surface area contributed by atoms with E-state index in [1.807, 2.05) is 6.07 Å². The molecule has 1 N–H and O–H groups in total. The Balaban J connectivity index is 2.09.